The van der Waals surface area contributed by atoms with Crippen molar-refractivity contribution in [3.63, 3.8) is 0 Å². The number of ketones is 1. The summed E-state index contributed by atoms with van der Waals surface area (Å²) in [5, 5.41) is 8.13. The van der Waals surface area contributed by atoms with Crippen molar-refractivity contribution in [1.82, 2.24) is 10.5 Å². The number of Topliss-reactive ketones (excluding diaryl/α,β-unsaturated/α-hetero) is 1. The molecule has 0 unspecified atom stereocenters. The van der Waals surface area contributed by atoms with Crippen LogP contribution in [0.2, 0.25) is 0 Å². The van der Waals surface area contributed by atoms with Crippen molar-refractivity contribution in [3.05, 3.63) is 5.76 Å². The molecule has 0 aliphatic heterocycles. The average molecular weight is 501 g/mol. The summed E-state index contributed by atoms with van der Waals surface area (Å²) in [6, 6.07) is 0.270. The largest absolute Gasteiger partial charge is 0.474 e. The average Bonchev–Trinajstić information content (AvgIpc) is 3.20. The maximum absolute atomic E-state index is 13.6. The van der Waals surface area contributed by atoms with Crippen LogP contribution in [0.3, 0.4) is 0 Å². The highest BCUT2D eigenvalue weighted by atomic mass is 32.2. The second-order valence-corrected chi connectivity index (χ2v) is 13.8. The topological polar surface area (TPSA) is 81.4 Å². The molecule has 7 heteroatoms. The number of nitrogens with one attached hydrogen (secondary N) is 1. The van der Waals surface area contributed by atoms with Crippen molar-refractivity contribution in [2.24, 2.45) is 29.1 Å². The summed E-state index contributed by atoms with van der Waals surface area (Å²) in [6.07, 6.45) is 16.2. The van der Waals surface area contributed by atoms with Gasteiger partial charge in [-0.15, -0.1) is 11.8 Å². The van der Waals surface area contributed by atoms with Gasteiger partial charge in [-0.25, -0.2) is 0 Å². The van der Waals surface area contributed by atoms with Crippen LogP contribution in [0, 0.1) is 29.1 Å². The van der Waals surface area contributed by atoms with Gasteiger partial charge in [0.25, 0.3) is 11.8 Å². The van der Waals surface area contributed by atoms with Crippen molar-refractivity contribution < 1.29 is 18.8 Å². The lowest BCUT2D eigenvalue weighted by Gasteiger charge is -2.54. The number of ether oxygens (including phenoxy) is 1. The van der Waals surface area contributed by atoms with Crippen LogP contribution in [0.25, 0.3) is 0 Å². The number of rotatable bonds is 9. The maximum atomic E-state index is 13.6. The van der Waals surface area contributed by atoms with Crippen LogP contribution in [-0.4, -0.2) is 34.7 Å². The minimum atomic E-state index is -0.120. The smallest absolute Gasteiger partial charge is 0.291 e. The summed E-state index contributed by atoms with van der Waals surface area (Å²) < 4.78 is 12.0. The van der Waals surface area contributed by atoms with Gasteiger partial charge in [-0.1, -0.05) is 25.7 Å². The van der Waals surface area contributed by atoms with Crippen LogP contribution < -0.4 is 10.1 Å². The zero-order valence-electron chi connectivity index (χ0n) is 21.1. The zero-order chi connectivity index (χ0) is 24.0. The molecule has 0 saturated heterocycles. The van der Waals surface area contributed by atoms with Crippen molar-refractivity contribution in [2.45, 2.75) is 113 Å². The molecular weight excluding hydrogens is 460 g/mol. The van der Waals surface area contributed by atoms with Gasteiger partial charge in [0, 0.05) is 23.1 Å². The summed E-state index contributed by atoms with van der Waals surface area (Å²) in [7, 11) is 0. The van der Waals surface area contributed by atoms with Gasteiger partial charge in [0.2, 0.25) is 5.76 Å². The number of carbonyl (C=O) groups excluding carboxylic acids is 2. The van der Waals surface area contributed by atoms with Crippen LogP contribution in [0.1, 0.15) is 107 Å². The van der Waals surface area contributed by atoms with E-state index in [0.717, 1.165) is 48.8 Å². The van der Waals surface area contributed by atoms with E-state index < -0.39 is 0 Å². The number of amides is 1. The minimum Gasteiger partial charge on any atom is -0.474 e. The lowest BCUT2D eigenvalue weighted by molar-refractivity contribution is -0.121. The first-order valence-electron chi connectivity index (χ1n) is 14.1. The van der Waals surface area contributed by atoms with E-state index in [1.807, 2.05) is 0 Å². The molecule has 7 rings (SSSR count). The van der Waals surface area contributed by atoms with Gasteiger partial charge in [0.1, 0.15) is 10.7 Å². The lowest BCUT2D eigenvalue weighted by Crippen LogP contribution is -2.55. The highest BCUT2D eigenvalue weighted by Gasteiger charge is 2.49. The number of hydrogen-bond acceptors (Lipinski definition) is 6. The number of aromatic nitrogens is 1. The van der Waals surface area contributed by atoms with Crippen LogP contribution in [0.5, 0.6) is 5.88 Å². The second-order valence-electron chi connectivity index (χ2n) is 12.5. The molecule has 192 valence electrons. The molecule has 1 heterocycles. The monoisotopic (exact) mass is 500 g/mol. The van der Waals surface area contributed by atoms with E-state index in [0.29, 0.717) is 41.8 Å². The molecule has 1 aromatic rings. The van der Waals surface area contributed by atoms with Crippen LogP contribution in [0.4, 0.5) is 0 Å². The molecule has 1 N–H and O–H groups in total. The Labute approximate surface area is 213 Å². The molecule has 6 saturated carbocycles. The van der Waals surface area contributed by atoms with E-state index in [2.05, 4.69) is 10.5 Å². The van der Waals surface area contributed by atoms with Gasteiger partial charge in [-0.05, 0) is 93.5 Å². The Balaban J connectivity index is 1.19. The van der Waals surface area contributed by atoms with Gasteiger partial charge in [-0.2, -0.15) is 0 Å². The summed E-state index contributed by atoms with van der Waals surface area (Å²) in [5.74, 6) is 3.86. The Morgan fingerprint density at radius 3 is 2.31 bits per heavy atom. The Morgan fingerprint density at radius 2 is 1.71 bits per heavy atom. The predicted octanol–water partition coefficient (Wildman–Crippen LogP) is 6.18. The fourth-order valence-corrected chi connectivity index (χ4v) is 9.47. The molecule has 0 radical (unpaired) electrons. The van der Waals surface area contributed by atoms with Gasteiger partial charge in [0.05, 0.1) is 6.61 Å². The minimum absolute atomic E-state index is 0.0830. The molecule has 35 heavy (non-hydrogen) atoms. The van der Waals surface area contributed by atoms with Gasteiger partial charge in [-0.3, -0.25) is 4.79 Å². The molecule has 6 aliphatic carbocycles. The summed E-state index contributed by atoms with van der Waals surface area (Å²) >= 11 is 1.72. The van der Waals surface area contributed by atoms with E-state index in [1.165, 1.54) is 51.4 Å². The second kappa shape index (κ2) is 9.75. The van der Waals surface area contributed by atoms with Crippen LogP contribution in [0.15, 0.2) is 9.42 Å². The molecule has 0 atom stereocenters. The van der Waals surface area contributed by atoms with Crippen molar-refractivity contribution in [2.75, 3.05) is 6.61 Å². The van der Waals surface area contributed by atoms with Crippen LogP contribution >= 0.6 is 11.8 Å². The molecule has 1 aromatic heterocycles. The predicted molar refractivity (Wildman–Crippen MR) is 135 cm³/mol. The first kappa shape index (κ1) is 23.9. The van der Waals surface area contributed by atoms with E-state index in [4.69, 9.17) is 9.26 Å². The van der Waals surface area contributed by atoms with Gasteiger partial charge < -0.3 is 19.4 Å². The third-order valence-corrected chi connectivity index (χ3v) is 11.1. The van der Waals surface area contributed by atoms with Crippen molar-refractivity contribution in [3.8, 4) is 5.88 Å². The number of nitrogens with zero attached hydrogens (tertiary/aromatic N) is 1. The van der Waals surface area contributed by atoms with Crippen molar-refractivity contribution in [1.29, 1.82) is 0 Å². The molecule has 4 bridgehead atoms. The number of carbonyl (C=O) groups is 2. The van der Waals surface area contributed by atoms with E-state index in [9.17, 15) is 9.59 Å². The summed E-state index contributed by atoms with van der Waals surface area (Å²) in [4.78, 5) is 26.2. The Kier molecular flexibility index (Phi) is 6.65. The Hall–Kier alpha value is -1.50. The Morgan fingerprint density at radius 1 is 1.03 bits per heavy atom. The standard InChI is InChI=1S/C28H40N2O4S/c1-17(31)15-28(8-5-9-28)16-33-27-25(35-22-6-3-2-4-7-22)24(34-30-27)26(32)29-23-20-11-18-10-19(13-20)14-21(23)12-18/h18-23H,2-16H2,1H3,(H,29,32). The molecular formula is C28H40N2O4S. The molecule has 0 aromatic carbocycles. The summed E-state index contributed by atoms with van der Waals surface area (Å²) in [5.41, 5.74) is -0.0830. The van der Waals surface area contributed by atoms with E-state index >= 15 is 0 Å². The van der Waals surface area contributed by atoms with E-state index in [-0.39, 0.29) is 23.1 Å². The Bertz CT molecular complexity index is 921. The van der Waals surface area contributed by atoms with Crippen LogP contribution in [-0.2, 0) is 4.79 Å². The first-order chi connectivity index (χ1) is 17.0. The first-order valence-corrected chi connectivity index (χ1v) is 15.0. The molecule has 0 spiro atoms. The zero-order valence-corrected chi connectivity index (χ0v) is 21.9. The fourth-order valence-electron chi connectivity index (χ4n) is 8.13. The van der Waals surface area contributed by atoms with Gasteiger partial charge in [0.15, 0.2) is 0 Å². The molecule has 6 aliphatic rings. The third-order valence-electron chi connectivity index (χ3n) is 9.74. The summed E-state index contributed by atoms with van der Waals surface area (Å²) in [6.45, 7) is 2.13. The SMILES string of the molecule is CC(=O)CC1(COc2noc(C(=O)NC3C4CC5CC(C4)CC3C5)c2SC2CCCCC2)CCC1. The molecule has 6 nitrogen and oxygen atoms in total. The van der Waals surface area contributed by atoms with Crippen molar-refractivity contribution >= 4 is 23.5 Å². The van der Waals surface area contributed by atoms with E-state index in [1.54, 1.807) is 18.7 Å². The highest BCUT2D eigenvalue weighted by Crippen LogP contribution is 2.54. The number of hydrogen-bond donors (Lipinski definition) is 1. The lowest BCUT2D eigenvalue weighted by atomic mass is 9.54. The number of thioether (sulfide) groups is 1. The quantitative estimate of drug-likeness (QED) is 0.436. The maximum Gasteiger partial charge on any atom is 0.291 e. The normalized spacial score (nSPS) is 33.3. The molecule has 6 fully saturated rings. The van der Waals surface area contributed by atoms with Gasteiger partial charge >= 0.3 is 0 Å². The molecule has 1 amide bonds. The fraction of sp³-hybridized carbons (Fsp3) is 0.821. The third kappa shape index (κ3) is 4.91. The highest BCUT2D eigenvalue weighted by molar-refractivity contribution is 8.00.